The summed E-state index contributed by atoms with van der Waals surface area (Å²) < 4.78 is 81.4. The maximum Gasteiger partial charge on any atom is 0.573 e. The molecule has 0 bridgehead atoms. The minimum Gasteiger partial charge on any atom is -0.406 e. The molecule has 1 aromatic heterocycles. The summed E-state index contributed by atoms with van der Waals surface area (Å²) in [7, 11) is 0. The van der Waals surface area contributed by atoms with Gasteiger partial charge in [-0.1, -0.05) is 17.7 Å². The van der Waals surface area contributed by atoms with Crippen molar-refractivity contribution in [2.45, 2.75) is 25.6 Å². The molecule has 0 amide bonds. The van der Waals surface area contributed by atoms with Crippen LogP contribution in [0.4, 0.5) is 32.0 Å². The number of rotatable bonds is 5. The maximum atomic E-state index is 13.1. The number of alkyl halides is 6. The molecule has 6 nitrogen and oxygen atoms in total. The maximum absolute atomic E-state index is 13.1. The first-order valence-corrected chi connectivity index (χ1v) is 9.40. The van der Waals surface area contributed by atoms with Gasteiger partial charge < -0.3 is 9.64 Å². The first-order valence-electron chi connectivity index (χ1n) is 9.02. The van der Waals surface area contributed by atoms with Gasteiger partial charge in [-0.15, -0.1) is 13.2 Å². The number of anilines is 1. The molecule has 13 heteroatoms. The fourth-order valence-electron chi connectivity index (χ4n) is 3.36. The molecule has 0 spiro atoms. The van der Waals surface area contributed by atoms with E-state index in [0.29, 0.717) is 25.1 Å². The average molecular weight is 471 g/mol. The predicted molar refractivity (Wildman–Crippen MR) is 99.0 cm³/mol. The van der Waals surface area contributed by atoms with E-state index in [1.807, 2.05) is 0 Å². The van der Waals surface area contributed by atoms with Crippen molar-refractivity contribution in [1.82, 2.24) is 14.7 Å². The Kier molecular flexibility index (Phi) is 6.42. The fraction of sp³-hybridized carbons (Fsp3) is 0.444. The number of ether oxygens (including phenoxy) is 1. The van der Waals surface area contributed by atoms with Gasteiger partial charge in [-0.05, 0) is 19.1 Å². The van der Waals surface area contributed by atoms with E-state index in [2.05, 4.69) is 9.84 Å². The van der Waals surface area contributed by atoms with Gasteiger partial charge in [-0.3, -0.25) is 9.69 Å². The van der Waals surface area contributed by atoms with E-state index in [9.17, 15) is 31.1 Å². The molecule has 1 atom stereocenters. The third kappa shape index (κ3) is 5.24. The van der Waals surface area contributed by atoms with E-state index in [4.69, 9.17) is 11.6 Å². The van der Waals surface area contributed by atoms with E-state index in [-0.39, 0.29) is 24.5 Å². The van der Waals surface area contributed by atoms with Gasteiger partial charge in [0.15, 0.2) is 18.1 Å². The van der Waals surface area contributed by atoms with Gasteiger partial charge in [-0.25, -0.2) is 4.68 Å². The lowest BCUT2D eigenvalue weighted by Gasteiger charge is -2.38. The minimum absolute atomic E-state index is 0.00511. The second-order valence-electron chi connectivity index (χ2n) is 6.81. The number of aromatic nitrogens is 2. The summed E-state index contributed by atoms with van der Waals surface area (Å²) in [6.07, 6.45) is -10.2. The molecule has 1 aliphatic heterocycles. The van der Waals surface area contributed by atoms with Crippen molar-refractivity contribution in [2.24, 2.45) is 0 Å². The van der Waals surface area contributed by atoms with Gasteiger partial charge in [0.2, 0.25) is 0 Å². The van der Waals surface area contributed by atoms with Crippen molar-refractivity contribution >= 4 is 23.6 Å². The van der Waals surface area contributed by atoms with E-state index in [1.165, 1.54) is 25.1 Å². The van der Waals surface area contributed by atoms with E-state index < -0.39 is 29.4 Å². The highest BCUT2D eigenvalue weighted by molar-refractivity contribution is 6.32. The molecule has 3 rings (SSSR count). The summed E-state index contributed by atoms with van der Waals surface area (Å²) in [5.74, 6) is -0.361. The van der Waals surface area contributed by atoms with Crippen LogP contribution in [0.2, 0.25) is 5.02 Å². The molecule has 0 radical (unpaired) electrons. The highest BCUT2D eigenvalue weighted by Crippen LogP contribution is 2.36. The third-order valence-corrected chi connectivity index (χ3v) is 5.27. The standard InChI is InChI=1S/C18H17ClF6N4O2/c1-11-15(19)16(17(20,21)22)26-29(11)14(10-30)28-7-5-27(6-8-28)12-3-2-4-13(9-12)31-18(23,24)25/h2-4,9-10,14H,5-8H2,1H3. The number of carbonyl (C=O) groups is 1. The number of carbonyl (C=O) groups excluding carboxylic acids is 1. The van der Waals surface area contributed by atoms with Crippen molar-refractivity contribution in [2.75, 3.05) is 31.1 Å². The summed E-state index contributed by atoms with van der Waals surface area (Å²) in [6.45, 7) is 2.49. The lowest BCUT2D eigenvalue weighted by molar-refractivity contribution is -0.274. The van der Waals surface area contributed by atoms with Crippen LogP contribution in [0, 0.1) is 6.92 Å². The Balaban J connectivity index is 1.73. The Morgan fingerprint density at radius 3 is 2.29 bits per heavy atom. The van der Waals surface area contributed by atoms with Crippen LogP contribution in [0.25, 0.3) is 0 Å². The summed E-state index contributed by atoms with van der Waals surface area (Å²) in [6, 6.07) is 5.46. The Morgan fingerprint density at radius 2 is 1.77 bits per heavy atom. The minimum atomic E-state index is -4.81. The Hall–Kier alpha value is -2.47. The van der Waals surface area contributed by atoms with Crippen LogP contribution in [-0.4, -0.2) is 53.5 Å². The quantitative estimate of drug-likeness (QED) is 0.482. The first-order chi connectivity index (χ1) is 14.4. The number of benzene rings is 1. The van der Waals surface area contributed by atoms with Crippen LogP contribution in [0.15, 0.2) is 24.3 Å². The largest absolute Gasteiger partial charge is 0.573 e. The molecule has 1 saturated heterocycles. The van der Waals surface area contributed by atoms with Gasteiger partial charge in [0.25, 0.3) is 0 Å². The van der Waals surface area contributed by atoms with Gasteiger partial charge in [0, 0.05) is 37.9 Å². The van der Waals surface area contributed by atoms with Crippen molar-refractivity contribution in [3.05, 3.63) is 40.7 Å². The van der Waals surface area contributed by atoms with Gasteiger partial charge >= 0.3 is 12.5 Å². The molecule has 1 aliphatic rings. The predicted octanol–water partition coefficient (Wildman–Crippen LogP) is 4.28. The zero-order chi connectivity index (χ0) is 23.0. The number of nitrogens with zero attached hydrogens (tertiary/aromatic N) is 4. The van der Waals surface area contributed by atoms with E-state index >= 15 is 0 Å². The smallest absolute Gasteiger partial charge is 0.406 e. The normalized spacial score (nSPS) is 17.0. The van der Waals surface area contributed by atoms with Gasteiger partial charge in [-0.2, -0.15) is 18.3 Å². The van der Waals surface area contributed by atoms with E-state index in [1.54, 1.807) is 15.9 Å². The van der Waals surface area contributed by atoms with Crippen molar-refractivity contribution in [1.29, 1.82) is 0 Å². The molecule has 170 valence electrons. The Labute approximate surface area is 177 Å². The Bertz CT molecular complexity index is 938. The number of hydrogen-bond acceptors (Lipinski definition) is 5. The van der Waals surface area contributed by atoms with Crippen LogP contribution in [0.5, 0.6) is 5.75 Å². The van der Waals surface area contributed by atoms with Gasteiger partial charge in [0.05, 0.1) is 10.7 Å². The Morgan fingerprint density at radius 1 is 1.13 bits per heavy atom. The molecule has 0 saturated carbocycles. The number of halogens is 7. The average Bonchev–Trinajstić information content (AvgIpc) is 2.97. The lowest BCUT2D eigenvalue weighted by atomic mass is 10.2. The molecular formula is C18H17ClF6N4O2. The van der Waals surface area contributed by atoms with Crippen LogP contribution < -0.4 is 9.64 Å². The highest BCUT2D eigenvalue weighted by Gasteiger charge is 2.40. The summed E-state index contributed by atoms with van der Waals surface area (Å²) >= 11 is 5.76. The number of hydrogen-bond donors (Lipinski definition) is 0. The summed E-state index contributed by atoms with van der Waals surface area (Å²) in [5.41, 5.74) is -0.772. The van der Waals surface area contributed by atoms with E-state index in [0.717, 1.165) is 4.68 Å². The molecule has 1 unspecified atom stereocenters. The van der Waals surface area contributed by atoms with Gasteiger partial charge in [0.1, 0.15) is 5.75 Å². The number of piperazine rings is 1. The molecular weight excluding hydrogens is 454 g/mol. The third-order valence-electron chi connectivity index (χ3n) is 4.82. The van der Waals surface area contributed by atoms with Crippen LogP contribution >= 0.6 is 11.6 Å². The van der Waals surface area contributed by atoms with Crippen LogP contribution in [-0.2, 0) is 11.0 Å². The fourth-order valence-corrected chi connectivity index (χ4v) is 3.59. The topological polar surface area (TPSA) is 50.6 Å². The molecule has 2 heterocycles. The molecule has 31 heavy (non-hydrogen) atoms. The monoisotopic (exact) mass is 470 g/mol. The van der Waals surface area contributed by atoms with Crippen molar-refractivity contribution in [3.63, 3.8) is 0 Å². The molecule has 0 aliphatic carbocycles. The zero-order valence-corrected chi connectivity index (χ0v) is 16.8. The number of aldehydes is 1. The molecule has 1 aromatic carbocycles. The van der Waals surface area contributed by atoms with Crippen LogP contribution in [0.3, 0.4) is 0 Å². The first kappa shape index (κ1) is 23.2. The van der Waals surface area contributed by atoms with Crippen LogP contribution in [0.1, 0.15) is 17.6 Å². The SMILES string of the molecule is Cc1c(Cl)c(C(F)(F)F)nn1C(C=O)N1CCN(c2cccc(OC(F)(F)F)c2)CC1. The summed E-state index contributed by atoms with van der Waals surface area (Å²) in [4.78, 5) is 15.1. The highest BCUT2D eigenvalue weighted by atomic mass is 35.5. The molecule has 2 aromatic rings. The second-order valence-corrected chi connectivity index (χ2v) is 7.19. The molecule has 0 N–H and O–H groups in total. The summed E-state index contributed by atoms with van der Waals surface area (Å²) in [5, 5.41) is 2.93. The lowest BCUT2D eigenvalue weighted by Crippen LogP contribution is -2.49. The van der Waals surface area contributed by atoms with Crippen molar-refractivity contribution < 1.29 is 35.9 Å². The zero-order valence-electron chi connectivity index (χ0n) is 16.0. The second kappa shape index (κ2) is 8.58. The molecule has 1 fully saturated rings. The van der Waals surface area contributed by atoms with Crippen molar-refractivity contribution in [3.8, 4) is 5.75 Å².